The van der Waals surface area contributed by atoms with Gasteiger partial charge in [0.15, 0.2) is 0 Å². The molecule has 1 aliphatic heterocycles. The van der Waals surface area contributed by atoms with Crippen LogP contribution in [0.4, 0.5) is 0 Å². The monoisotopic (exact) mass is 183 g/mol. The summed E-state index contributed by atoms with van der Waals surface area (Å²) < 4.78 is 0. The van der Waals surface area contributed by atoms with Crippen molar-refractivity contribution in [2.75, 3.05) is 6.54 Å². The third-order valence-electron chi connectivity index (χ3n) is 3.44. The van der Waals surface area contributed by atoms with Crippen molar-refractivity contribution in [1.29, 1.82) is 0 Å². The lowest BCUT2D eigenvalue weighted by atomic mass is 9.90. The minimum Gasteiger partial charge on any atom is -0.296 e. The largest absolute Gasteiger partial charge is 0.296 e. The second kappa shape index (κ2) is 4.45. The fourth-order valence-electron chi connectivity index (χ4n) is 2.75. The Bertz CT molecular complexity index is 151. The van der Waals surface area contributed by atoms with Crippen molar-refractivity contribution in [1.82, 2.24) is 4.90 Å². The van der Waals surface area contributed by atoms with E-state index >= 15 is 0 Å². The normalized spacial score (nSPS) is 26.3. The van der Waals surface area contributed by atoms with E-state index in [9.17, 15) is 0 Å². The summed E-state index contributed by atoms with van der Waals surface area (Å²) in [6, 6.07) is 0.801. The SMILES string of the molecule is CCCC(C)(C)N1CCCC[C@@H]1C. The molecule has 0 aromatic rings. The van der Waals surface area contributed by atoms with Gasteiger partial charge in [0.25, 0.3) is 0 Å². The van der Waals surface area contributed by atoms with Crippen LogP contribution in [0, 0.1) is 0 Å². The maximum absolute atomic E-state index is 2.71. The smallest absolute Gasteiger partial charge is 0.0155 e. The molecule has 0 N–H and O–H groups in total. The Morgan fingerprint density at radius 1 is 1.31 bits per heavy atom. The van der Waals surface area contributed by atoms with E-state index in [4.69, 9.17) is 0 Å². The first-order chi connectivity index (χ1) is 6.08. The Balaban J connectivity index is 2.56. The van der Waals surface area contributed by atoms with Crippen LogP contribution in [0.3, 0.4) is 0 Å². The highest BCUT2D eigenvalue weighted by molar-refractivity contribution is 4.86. The lowest BCUT2D eigenvalue weighted by Gasteiger charge is -2.45. The summed E-state index contributed by atoms with van der Waals surface area (Å²) in [6.07, 6.45) is 6.86. The highest BCUT2D eigenvalue weighted by Crippen LogP contribution is 2.28. The number of rotatable bonds is 3. The van der Waals surface area contributed by atoms with Crippen molar-refractivity contribution < 1.29 is 0 Å². The molecular formula is C12H25N. The molecule has 78 valence electrons. The van der Waals surface area contributed by atoms with Crippen LogP contribution in [0.25, 0.3) is 0 Å². The molecular weight excluding hydrogens is 158 g/mol. The average Bonchev–Trinajstić information content (AvgIpc) is 2.04. The summed E-state index contributed by atoms with van der Waals surface area (Å²) in [5.74, 6) is 0. The number of nitrogens with zero attached hydrogens (tertiary/aromatic N) is 1. The average molecular weight is 183 g/mol. The van der Waals surface area contributed by atoms with Gasteiger partial charge in [-0.05, 0) is 46.6 Å². The second-order valence-electron chi connectivity index (χ2n) is 5.10. The predicted molar refractivity (Wildman–Crippen MR) is 59.0 cm³/mol. The van der Waals surface area contributed by atoms with E-state index in [1.165, 1.54) is 38.6 Å². The number of piperidine rings is 1. The quantitative estimate of drug-likeness (QED) is 0.648. The first-order valence-electron chi connectivity index (χ1n) is 5.84. The van der Waals surface area contributed by atoms with E-state index in [0.29, 0.717) is 5.54 Å². The van der Waals surface area contributed by atoms with Crippen LogP contribution in [0.15, 0.2) is 0 Å². The molecule has 0 saturated carbocycles. The van der Waals surface area contributed by atoms with Crippen LogP contribution < -0.4 is 0 Å². The molecule has 1 heterocycles. The number of hydrogen-bond donors (Lipinski definition) is 0. The molecule has 1 aliphatic rings. The fraction of sp³-hybridized carbons (Fsp3) is 1.00. The van der Waals surface area contributed by atoms with Gasteiger partial charge in [0.2, 0.25) is 0 Å². The van der Waals surface area contributed by atoms with Gasteiger partial charge in [0, 0.05) is 11.6 Å². The van der Waals surface area contributed by atoms with Gasteiger partial charge in [-0.25, -0.2) is 0 Å². The molecule has 0 unspecified atom stereocenters. The second-order valence-corrected chi connectivity index (χ2v) is 5.10. The summed E-state index contributed by atoms with van der Waals surface area (Å²) >= 11 is 0. The number of hydrogen-bond acceptors (Lipinski definition) is 1. The highest BCUT2D eigenvalue weighted by Gasteiger charge is 2.30. The van der Waals surface area contributed by atoms with E-state index < -0.39 is 0 Å². The standard InChI is InChI=1S/C12H25N/c1-5-9-12(3,4)13-10-7-6-8-11(13)2/h11H,5-10H2,1-4H3/t11-/m0/s1. The van der Waals surface area contributed by atoms with Gasteiger partial charge in [0.1, 0.15) is 0 Å². The summed E-state index contributed by atoms with van der Waals surface area (Å²) in [7, 11) is 0. The van der Waals surface area contributed by atoms with Gasteiger partial charge in [-0.3, -0.25) is 4.90 Å². The molecule has 1 fully saturated rings. The molecule has 0 amide bonds. The summed E-state index contributed by atoms with van der Waals surface area (Å²) in [4.78, 5) is 2.71. The van der Waals surface area contributed by atoms with E-state index in [0.717, 1.165) is 6.04 Å². The van der Waals surface area contributed by atoms with Gasteiger partial charge in [0.05, 0.1) is 0 Å². The maximum Gasteiger partial charge on any atom is 0.0155 e. The predicted octanol–water partition coefficient (Wildman–Crippen LogP) is 3.44. The Morgan fingerprint density at radius 3 is 2.54 bits per heavy atom. The van der Waals surface area contributed by atoms with Crippen LogP contribution in [0.5, 0.6) is 0 Å². The molecule has 0 aromatic carbocycles. The van der Waals surface area contributed by atoms with Crippen LogP contribution in [-0.2, 0) is 0 Å². The first kappa shape index (κ1) is 11.0. The third kappa shape index (κ3) is 2.70. The van der Waals surface area contributed by atoms with Crippen molar-refractivity contribution in [2.24, 2.45) is 0 Å². The van der Waals surface area contributed by atoms with Crippen LogP contribution in [-0.4, -0.2) is 23.0 Å². The van der Waals surface area contributed by atoms with E-state index in [-0.39, 0.29) is 0 Å². The zero-order valence-corrected chi connectivity index (χ0v) is 9.77. The molecule has 1 heteroatoms. The Kier molecular flexibility index (Phi) is 3.78. The summed E-state index contributed by atoms with van der Waals surface area (Å²) in [6.45, 7) is 10.8. The zero-order chi connectivity index (χ0) is 9.90. The lowest BCUT2D eigenvalue weighted by molar-refractivity contribution is 0.0422. The summed E-state index contributed by atoms with van der Waals surface area (Å²) in [5, 5.41) is 0. The maximum atomic E-state index is 2.71. The summed E-state index contributed by atoms with van der Waals surface area (Å²) in [5.41, 5.74) is 0.425. The van der Waals surface area contributed by atoms with Gasteiger partial charge in [-0.15, -0.1) is 0 Å². The molecule has 1 saturated heterocycles. The molecule has 13 heavy (non-hydrogen) atoms. The fourth-order valence-corrected chi connectivity index (χ4v) is 2.75. The molecule has 1 rings (SSSR count). The number of likely N-dealkylation sites (tertiary alicyclic amines) is 1. The highest BCUT2D eigenvalue weighted by atomic mass is 15.2. The van der Waals surface area contributed by atoms with Crippen molar-refractivity contribution in [3.05, 3.63) is 0 Å². The van der Waals surface area contributed by atoms with E-state index in [1.807, 2.05) is 0 Å². The zero-order valence-electron chi connectivity index (χ0n) is 9.77. The molecule has 0 spiro atoms. The van der Waals surface area contributed by atoms with Gasteiger partial charge in [-0.1, -0.05) is 19.8 Å². The van der Waals surface area contributed by atoms with Crippen molar-refractivity contribution in [2.45, 2.75) is 71.4 Å². The van der Waals surface area contributed by atoms with E-state index in [1.54, 1.807) is 0 Å². The van der Waals surface area contributed by atoms with E-state index in [2.05, 4.69) is 32.6 Å². The molecule has 0 aromatic heterocycles. The minimum atomic E-state index is 0.425. The van der Waals surface area contributed by atoms with Crippen LogP contribution in [0.1, 0.15) is 59.8 Å². The Labute approximate surface area is 83.5 Å². The third-order valence-corrected chi connectivity index (χ3v) is 3.44. The van der Waals surface area contributed by atoms with Gasteiger partial charge < -0.3 is 0 Å². The molecule has 1 atom stereocenters. The minimum absolute atomic E-state index is 0.425. The Hall–Kier alpha value is -0.0400. The van der Waals surface area contributed by atoms with Gasteiger partial charge in [-0.2, -0.15) is 0 Å². The first-order valence-corrected chi connectivity index (χ1v) is 5.84. The van der Waals surface area contributed by atoms with Crippen LogP contribution in [0.2, 0.25) is 0 Å². The van der Waals surface area contributed by atoms with Crippen molar-refractivity contribution in [3.8, 4) is 0 Å². The van der Waals surface area contributed by atoms with Gasteiger partial charge >= 0.3 is 0 Å². The molecule has 0 aliphatic carbocycles. The van der Waals surface area contributed by atoms with Crippen molar-refractivity contribution in [3.63, 3.8) is 0 Å². The van der Waals surface area contributed by atoms with Crippen LogP contribution >= 0.6 is 0 Å². The molecule has 1 nitrogen and oxygen atoms in total. The Morgan fingerprint density at radius 2 is 2.00 bits per heavy atom. The van der Waals surface area contributed by atoms with Crippen molar-refractivity contribution >= 4 is 0 Å². The lowest BCUT2D eigenvalue weighted by Crippen LogP contribution is -2.51. The molecule has 0 radical (unpaired) electrons. The topological polar surface area (TPSA) is 3.24 Å². The molecule has 0 bridgehead atoms.